The minimum Gasteiger partial charge on any atom is -0.493 e. The number of fused-ring (bicyclic) bond motifs is 1. The van der Waals surface area contributed by atoms with Gasteiger partial charge in [0.2, 0.25) is 5.91 Å². The summed E-state index contributed by atoms with van der Waals surface area (Å²) < 4.78 is 16.0. The fourth-order valence-corrected chi connectivity index (χ4v) is 3.29. The van der Waals surface area contributed by atoms with Crippen molar-refractivity contribution in [3.05, 3.63) is 66.0 Å². The van der Waals surface area contributed by atoms with Crippen molar-refractivity contribution >= 4 is 22.5 Å². The van der Waals surface area contributed by atoms with E-state index >= 15 is 0 Å². The monoisotopic (exact) mass is 403 g/mol. The molecule has 0 aliphatic heterocycles. The summed E-state index contributed by atoms with van der Waals surface area (Å²) in [6.45, 7) is 1.90. The van der Waals surface area contributed by atoms with Gasteiger partial charge in [0.05, 0.1) is 37.5 Å². The maximum Gasteiger partial charge on any atom is 0.230 e. The fourth-order valence-electron chi connectivity index (χ4n) is 3.29. The third kappa shape index (κ3) is 3.96. The van der Waals surface area contributed by atoms with E-state index in [4.69, 9.17) is 14.0 Å². The molecule has 4 aromatic rings. The van der Waals surface area contributed by atoms with Crippen molar-refractivity contribution in [2.75, 3.05) is 19.5 Å². The lowest BCUT2D eigenvalue weighted by atomic mass is 10.1. The highest BCUT2D eigenvalue weighted by molar-refractivity contribution is 6.01. The van der Waals surface area contributed by atoms with Gasteiger partial charge in [-0.15, -0.1) is 0 Å². The molecule has 1 N–H and O–H groups in total. The van der Waals surface area contributed by atoms with Gasteiger partial charge in [0.1, 0.15) is 0 Å². The first-order valence-corrected chi connectivity index (χ1v) is 9.41. The fraction of sp³-hybridized carbons (Fsp3) is 0.174. The number of aryl methyl sites for hydroxylation is 1. The van der Waals surface area contributed by atoms with E-state index in [-0.39, 0.29) is 12.3 Å². The molecule has 0 aliphatic rings. The van der Waals surface area contributed by atoms with Crippen LogP contribution in [0.3, 0.4) is 0 Å². The first-order chi connectivity index (χ1) is 14.6. The van der Waals surface area contributed by atoms with Crippen LogP contribution in [0.5, 0.6) is 11.5 Å². The van der Waals surface area contributed by atoms with Gasteiger partial charge < -0.3 is 19.3 Å². The Hall–Kier alpha value is -3.87. The minimum atomic E-state index is -0.182. The van der Waals surface area contributed by atoms with Crippen LogP contribution >= 0.6 is 0 Å². The molecule has 30 heavy (non-hydrogen) atoms. The van der Waals surface area contributed by atoms with Gasteiger partial charge in [-0.3, -0.25) is 9.78 Å². The Bertz CT molecular complexity index is 1220. The zero-order valence-electron chi connectivity index (χ0n) is 16.9. The Labute approximate surface area is 173 Å². The molecule has 0 spiro atoms. The minimum absolute atomic E-state index is 0.0898. The van der Waals surface area contributed by atoms with Gasteiger partial charge in [-0.1, -0.05) is 23.4 Å². The molecule has 2 heterocycles. The molecule has 4 rings (SSSR count). The number of hydrogen-bond donors (Lipinski definition) is 1. The highest BCUT2D eigenvalue weighted by atomic mass is 16.5. The number of nitrogens with one attached hydrogen (secondary N) is 1. The van der Waals surface area contributed by atoms with Gasteiger partial charge in [-0.25, -0.2) is 0 Å². The normalized spacial score (nSPS) is 10.8. The molecular weight excluding hydrogens is 382 g/mol. The highest BCUT2D eigenvalue weighted by Crippen LogP contribution is 2.32. The van der Waals surface area contributed by atoms with Crippen molar-refractivity contribution < 1.29 is 18.8 Å². The molecule has 7 nitrogen and oxygen atoms in total. The lowest BCUT2D eigenvalue weighted by molar-refractivity contribution is -0.115. The number of rotatable bonds is 6. The maximum absolute atomic E-state index is 12.6. The smallest absolute Gasteiger partial charge is 0.230 e. The SMILES string of the molecule is COc1ccc(-c2cc(CC(=O)Nc3cc(C)nc4ccccc34)no2)cc1OC. The van der Waals surface area contributed by atoms with Crippen LogP contribution in [0.1, 0.15) is 11.4 Å². The predicted molar refractivity (Wildman–Crippen MR) is 114 cm³/mol. The second kappa shape index (κ2) is 8.24. The van der Waals surface area contributed by atoms with Crippen molar-refractivity contribution in [2.45, 2.75) is 13.3 Å². The molecule has 0 aliphatic carbocycles. The number of carbonyl (C=O) groups is 1. The maximum atomic E-state index is 12.6. The summed E-state index contributed by atoms with van der Waals surface area (Å²) in [7, 11) is 3.15. The zero-order chi connectivity index (χ0) is 21.1. The van der Waals surface area contributed by atoms with Crippen LogP contribution in [0.15, 0.2) is 59.1 Å². The van der Waals surface area contributed by atoms with Crippen LogP contribution < -0.4 is 14.8 Å². The number of amides is 1. The van der Waals surface area contributed by atoms with Crippen LogP contribution in [0, 0.1) is 6.92 Å². The quantitative estimate of drug-likeness (QED) is 0.514. The van der Waals surface area contributed by atoms with Crippen molar-refractivity contribution in [3.8, 4) is 22.8 Å². The first kappa shape index (κ1) is 19.4. The van der Waals surface area contributed by atoms with Crippen LogP contribution in [-0.2, 0) is 11.2 Å². The number of methoxy groups -OCH3 is 2. The summed E-state index contributed by atoms with van der Waals surface area (Å²) >= 11 is 0. The molecule has 0 saturated heterocycles. The summed E-state index contributed by atoms with van der Waals surface area (Å²) in [5.74, 6) is 1.58. The predicted octanol–water partition coefficient (Wildman–Crippen LogP) is 4.40. The molecule has 7 heteroatoms. The van der Waals surface area contributed by atoms with Crippen LogP contribution in [-0.4, -0.2) is 30.3 Å². The number of nitrogens with zero attached hydrogens (tertiary/aromatic N) is 2. The van der Waals surface area contributed by atoms with Crippen molar-refractivity contribution in [2.24, 2.45) is 0 Å². The van der Waals surface area contributed by atoms with Crippen molar-refractivity contribution in [1.82, 2.24) is 10.1 Å². The van der Waals surface area contributed by atoms with Crippen LogP contribution in [0.25, 0.3) is 22.2 Å². The second-order valence-corrected chi connectivity index (χ2v) is 6.81. The average Bonchev–Trinajstić information content (AvgIpc) is 3.21. The van der Waals surface area contributed by atoms with E-state index < -0.39 is 0 Å². The van der Waals surface area contributed by atoms with E-state index in [9.17, 15) is 4.79 Å². The Morgan fingerprint density at radius 3 is 2.63 bits per heavy atom. The van der Waals surface area contributed by atoms with Gasteiger partial charge in [0, 0.05) is 22.7 Å². The van der Waals surface area contributed by atoms with E-state index in [0.717, 1.165) is 27.8 Å². The molecule has 0 unspecified atom stereocenters. The number of hydrogen-bond acceptors (Lipinski definition) is 6. The molecule has 152 valence electrons. The van der Waals surface area contributed by atoms with Crippen molar-refractivity contribution in [1.29, 1.82) is 0 Å². The van der Waals surface area contributed by atoms with Gasteiger partial charge in [0.15, 0.2) is 17.3 Å². The van der Waals surface area contributed by atoms with E-state index in [1.165, 1.54) is 0 Å². The number of para-hydroxylation sites is 1. The zero-order valence-corrected chi connectivity index (χ0v) is 16.9. The molecule has 0 fully saturated rings. The summed E-state index contributed by atoms with van der Waals surface area (Å²) in [4.78, 5) is 17.1. The summed E-state index contributed by atoms with van der Waals surface area (Å²) in [6, 6.07) is 16.7. The molecule has 2 aromatic heterocycles. The van der Waals surface area contributed by atoms with E-state index in [1.807, 2.05) is 43.3 Å². The molecule has 0 radical (unpaired) electrons. The standard InChI is InChI=1S/C23H21N3O4/c1-14-10-19(17-6-4-5-7-18(17)24-14)25-23(27)13-16-12-21(30-26-16)15-8-9-20(28-2)22(11-15)29-3/h4-12H,13H2,1-3H3,(H,24,25,27). The largest absolute Gasteiger partial charge is 0.493 e. The van der Waals surface area contributed by atoms with Gasteiger partial charge in [-0.05, 0) is 37.3 Å². The van der Waals surface area contributed by atoms with Crippen LogP contribution in [0.4, 0.5) is 5.69 Å². The van der Waals surface area contributed by atoms with Gasteiger partial charge in [-0.2, -0.15) is 0 Å². The topological polar surface area (TPSA) is 86.5 Å². The molecule has 2 aromatic carbocycles. The third-order valence-electron chi connectivity index (χ3n) is 4.69. The molecule has 0 bridgehead atoms. The summed E-state index contributed by atoms with van der Waals surface area (Å²) in [5.41, 5.74) is 3.72. The molecule has 0 atom stereocenters. The first-order valence-electron chi connectivity index (χ1n) is 9.41. The number of ether oxygens (including phenoxy) is 2. The van der Waals surface area contributed by atoms with Crippen LogP contribution in [0.2, 0.25) is 0 Å². The lowest BCUT2D eigenvalue weighted by Crippen LogP contribution is -2.15. The molecule has 0 saturated carbocycles. The molecule has 1 amide bonds. The van der Waals surface area contributed by atoms with E-state index in [1.54, 1.807) is 32.4 Å². The lowest BCUT2D eigenvalue weighted by Gasteiger charge is -2.09. The van der Waals surface area contributed by atoms with E-state index in [0.29, 0.717) is 23.0 Å². The Balaban J connectivity index is 1.51. The third-order valence-corrected chi connectivity index (χ3v) is 4.69. The Kier molecular flexibility index (Phi) is 5.34. The number of pyridine rings is 1. The highest BCUT2D eigenvalue weighted by Gasteiger charge is 2.14. The number of benzene rings is 2. The van der Waals surface area contributed by atoms with Gasteiger partial charge in [0.25, 0.3) is 0 Å². The van der Waals surface area contributed by atoms with Gasteiger partial charge >= 0.3 is 0 Å². The summed E-state index contributed by atoms with van der Waals surface area (Å²) in [5, 5.41) is 7.88. The Morgan fingerprint density at radius 1 is 1.03 bits per heavy atom. The average molecular weight is 403 g/mol. The molecular formula is C23H21N3O4. The van der Waals surface area contributed by atoms with Crippen molar-refractivity contribution in [3.63, 3.8) is 0 Å². The number of aromatic nitrogens is 2. The van der Waals surface area contributed by atoms with E-state index in [2.05, 4.69) is 15.5 Å². The Morgan fingerprint density at radius 2 is 1.83 bits per heavy atom. The number of carbonyl (C=O) groups excluding carboxylic acids is 1. The second-order valence-electron chi connectivity index (χ2n) is 6.81. The summed E-state index contributed by atoms with van der Waals surface area (Å²) in [6.07, 6.45) is 0.0898. The number of anilines is 1.